The lowest BCUT2D eigenvalue weighted by atomic mass is 10.1. The van der Waals surface area contributed by atoms with Crippen LogP contribution in [-0.4, -0.2) is 10.2 Å². The first-order chi connectivity index (χ1) is 8.70. The Labute approximate surface area is 106 Å². The van der Waals surface area contributed by atoms with Crippen LogP contribution in [0.25, 0.3) is 0 Å². The number of benzene rings is 1. The smallest absolute Gasteiger partial charge is 0.167 e. The SMILES string of the molecule is Cc1ccc(C(C)Nc2nnccc2C#N)cc1. The second kappa shape index (κ2) is 5.28. The van der Waals surface area contributed by atoms with Gasteiger partial charge in [-0.2, -0.15) is 10.4 Å². The van der Waals surface area contributed by atoms with Crippen molar-refractivity contribution in [2.75, 3.05) is 5.32 Å². The van der Waals surface area contributed by atoms with E-state index in [2.05, 4.69) is 52.8 Å². The normalized spacial score (nSPS) is 11.6. The molecule has 1 atom stereocenters. The maximum absolute atomic E-state index is 8.98. The molecule has 0 saturated carbocycles. The molecular formula is C14H14N4. The molecule has 0 radical (unpaired) electrons. The zero-order valence-corrected chi connectivity index (χ0v) is 10.4. The molecule has 1 N–H and O–H groups in total. The molecule has 0 fully saturated rings. The molecule has 90 valence electrons. The van der Waals surface area contributed by atoms with E-state index in [1.54, 1.807) is 6.07 Å². The number of nitrogens with zero attached hydrogens (tertiary/aromatic N) is 3. The number of hydrogen-bond acceptors (Lipinski definition) is 4. The van der Waals surface area contributed by atoms with Crippen molar-refractivity contribution in [1.29, 1.82) is 5.26 Å². The topological polar surface area (TPSA) is 61.6 Å². The van der Waals surface area contributed by atoms with E-state index in [1.165, 1.54) is 11.8 Å². The summed E-state index contributed by atoms with van der Waals surface area (Å²) >= 11 is 0. The van der Waals surface area contributed by atoms with E-state index in [9.17, 15) is 0 Å². The molecule has 2 aromatic rings. The second-order valence-electron chi connectivity index (χ2n) is 4.18. The fourth-order valence-corrected chi connectivity index (χ4v) is 1.67. The lowest BCUT2D eigenvalue weighted by Crippen LogP contribution is -2.09. The molecule has 0 amide bonds. The van der Waals surface area contributed by atoms with Crippen LogP contribution < -0.4 is 5.32 Å². The molecule has 4 heteroatoms. The molecular weight excluding hydrogens is 224 g/mol. The standard InChI is InChI=1S/C14H14N4/c1-10-3-5-12(6-4-10)11(2)17-14-13(9-15)7-8-16-18-14/h3-8,11H,1-2H3,(H,17,18). The molecule has 0 aliphatic rings. The van der Waals surface area contributed by atoms with Crippen molar-refractivity contribution in [2.24, 2.45) is 0 Å². The van der Waals surface area contributed by atoms with Gasteiger partial charge in [0.15, 0.2) is 5.82 Å². The Morgan fingerprint density at radius 1 is 1.22 bits per heavy atom. The van der Waals surface area contributed by atoms with Crippen LogP contribution in [0, 0.1) is 18.3 Å². The number of aromatic nitrogens is 2. The summed E-state index contributed by atoms with van der Waals surface area (Å²) < 4.78 is 0. The van der Waals surface area contributed by atoms with Crippen LogP contribution in [0.5, 0.6) is 0 Å². The van der Waals surface area contributed by atoms with Crippen molar-refractivity contribution >= 4 is 5.82 Å². The van der Waals surface area contributed by atoms with Gasteiger partial charge in [-0.15, -0.1) is 5.10 Å². The minimum Gasteiger partial charge on any atom is -0.361 e. The van der Waals surface area contributed by atoms with Gasteiger partial charge < -0.3 is 5.32 Å². The Balaban J connectivity index is 2.19. The van der Waals surface area contributed by atoms with E-state index in [4.69, 9.17) is 5.26 Å². The molecule has 0 aliphatic carbocycles. The maximum Gasteiger partial charge on any atom is 0.167 e. The van der Waals surface area contributed by atoms with Crippen LogP contribution in [0.3, 0.4) is 0 Å². The summed E-state index contributed by atoms with van der Waals surface area (Å²) in [5.74, 6) is 0.521. The Kier molecular flexibility index (Phi) is 3.54. The minimum absolute atomic E-state index is 0.0781. The highest BCUT2D eigenvalue weighted by Crippen LogP contribution is 2.19. The van der Waals surface area contributed by atoms with Crippen molar-refractivity contribution in [3.63, 3.8) is 0 Å². The Hall–Kier alpha value is -2.41. The first-order valence-corrected chi connectivity index (χ1v) is 5.75. The first-order valence-electron chi connectivity index (χ1n) is 5.75. The minimum atomic E-state index is 0.0781. The van der Waals surface area contributed by atoms with Crippen molar-refractivity contribution in [2.45, 2.75) is 19.9 Å². The number of aryl methyl sites for hydroxylation is 1. The van der Waals surface area contributed by atoms with E-state index >= 15 is 0 Å². The van der Waals surface area contributed by atoms with Gasteiger partial charge in [0.2, 0.25) is 0 Å². The molecule has 1 unspecified atom stereocenters. The average molecular weight is 238 g/mol. The molecule has 0 aliphatic heterocycles. The van der Waals surface area contributed by atoms with Crippen molar-refractivity contribution in [3.05, 3.63) is 53.2 Å². The quantitative estimate of drug-likeness (QED) is 0.893. The van der Waals surface area contributed by atoms with E-state index in [0.29, 0.717) is 11.4 Å². The van der Waals surface area contributed by atoms with E-state index < -0.39 is 0 Å². The van der Waals surface area contributed by atoms with Gasteiger partial charge in [0.05, 0.1) is 17.8 Å². The van der Waals surface area contributed by atoms with Crippen molar-refractivity contribution in [3.8, 4) is 6.07 Å². The van der Waals surface area contributed by atoms with Gasteiger partial charge in [0, 0.05) is 0 Å². The first kappa shape index (κ1) is 12.1. The van der Waals surface area contributed by atoms with E-state index in [1.807, 2.05) is 6.92 Å². The molecule has 18 heavy (non-hydrogen) atoms. The highest BCUT2D eigenvalue weighted by atomic mass is 15.2. The van der Waals surface area contributed by atoms with Crippen molar-refractivity contribution in [1.82, 2.24) is 10.2 Å². The number of nitrogens with one attached hydrogen (secondary N) is 1. The molecule has 1 aromatic carbocycles. The van der Waals surface area contributed by atoms with Gasteiger partial charge in [-0.25, -0.2) is 0 Å². The monoisotopic (exact) mass is 238 g/mol. The summed E-state index contributed by atoms with van der Waals surface area (Å²) in [6, 6.07) is 12.1. The number of nitriles is 1. The zero-order valence-electron chi connectivity index (χ0n) is 10.4. The van der Waals surface area contributed by atoms with Crippen LogP contribution in [0.15, 0.2) is 36.5 Å². The predicted octanol–water partition coefficient (Wildman–Crippen LogP) is 2.83. The van der Waals surface area contributed by atoms with Crippen LogP contribution >= 0.6 is 0 Å². The third kappa shape index (κ3) is 2.64. The molecule has 1 heterocycles. The highest BCUT2D eigenvalue weighted by molar-refractivity contribution is 5.51. The predicted molar refractivity (Wildman–Crippen MR) is 70.0 cm³/mol. The highest BCUT2D eigenvalue weighted by Gasteiger charge is 2.09. The molecule has 0 saturated heterocycles. The molecule has 0 spiro atoms. The van der Waals surface area contributed by atoms with Gasteiger partial charge in [-0.05, 0) is 25.5 Å². The molecule has 0 bridgehead atoms. The molecule has 1 aromatic heterocycles. The van der Waals surface area contributed by atoms with Crippen molar-refractivity contribution < 1.29 is 0 Å². The average Bonchev–Trinajstić information content (AvgIpc) is 2.40. The number of anilines is 1. The van der Waals surface area contributed by atoms with Gasteiger partial charge in [0.25, 0.3) is 0 Å². The van der Waals surface area contributed by atoms with Crippen LogP contribution in [0.4, 0.5) is 5.82 Å². The summed E-state index contributed by atoms with van der Waals surface area (Å²) in [5.41, 5.74) is 2.88. The zero-order chi connectivity index (χ0) is 13.0. The fraction of sp³-hybridized carbons (Fsp3) is 0.214. The lowest BCUT2D eigenvalue weighted by Gasteiger charge is -2.15. The van der Waals surface area contributed by atoms with Crippen LogP contribution in [0.2, 0.25) is 0 Å². The van der Waals surface area contributed by atoms with Gasteiger partial charge in [0.1, 0.15) is 6.07 Å². The van der Waals surface area contributed by atoms with Crippen LogP contribution in [-0.2, 0) is 0 Å². The maximum atomic E-state index is 8.98. The number of rotatable bonds is 3. The Bertz CT molecular complexity index is 569. The van der Waals surface area contributed by atoms with Crippen LogP contribution in [0.1, 0.15) is 29.7 Å². The third-order valence-electron chi connectivity index (χ3n) is 2.77. The summed E-state index contributed by atoms with van der Waals surface area (Å²) in [6.07, 6.45) is 1.51. The largest absolute Gasteiger partial charge is 0.361 e. The number of hydrogen-bond donors (Lipinski definition) is 1. The lowest BCUT2D eigenvalue weighted by molar-refractivity contribution is 0.858. The fourth-order valence-electron chi connectivity index (χ4n) is 1.67. The summed E-state index contributed by atoms with van der Waals surface area (Å²) in [7, 11) is 0. The second-order valence-corrected chi connectivity index (χ2v) is 4.18. The molecule has 2 rings (SSSR count). The van der Waals surface area contributed by atoms with E-state index in [-0.39, 0.29) is 6.04 Å². The summed E-state index contributed by atoms with van der Waals surface area (Å²) in [6.45, 7) is 4.08. The van der Waals surface area contributed by atoms with Gasteiger partial charge >= 0.3 is 0 Å². The van der Waals surface area contributed by atoms with Gasteiger partial charge in [-0.1, -0.05) is 29.8 Å². The molecule has 4 nitrogen and oxygen atoms in total. The third-order valence-corrected chi connectivity index (χ3v) is 2.77. The van der Waals surface area contributed by atoms with E-state index in [0.717, 1.165) is 5.56 Å². The Morgan fingerprint density at radius 2 is 1.94 bits per heavy atom. The summed E-state index contributed by atoms with van der Waals surface area (Å²) in [4.78, 5) is 0. The summed E-state index contributed by atoms with van der Waals surface area (Å²) in [5, 5.41) is 19.9. The Morgan fingerprint density at radius 3 is 2.61 bits per heavy atom. The van der Waals surface area contributed by atoms with Gasteiger partial charge in [-0.3, -0.25) is 0 Å².